The fraction of sp³-hybridized carbons (Fsp3) is 0.235. The van der Waals surface area contributed by atoms with E-state index in [-0.39, 0.29) is 0 Å². The maximum absolute atomic E-state index is 6.07. The molecule has 3 rings (SSSR count). The van der Waals surface area contributed by atoms with Gasteiger partial charge in [0.15, 0.2) is 0 Å². The predicted octanol–water partition coefficient (Wildman–Crippen LogP) is 3.85. The summed E-state index contributed by atoms with van der Waals surface area (Å²) in [5.74, 6) is 0. The Labute approximate surface area is 129 Å². The van der Waals surface area contributed by atoms with E-state index in [1.165, 1.54) is 16.5 Å². The number of halogens is 1. The van der Waals surface area contributed by atoms with Gasteiger partial charge in [-0.15, -0.1) is 0 Å². The largest absolute Gasteiger partial charge is 0.328 e. The molecular weight excluding hydrogens is 282 g/mol. The first kappa shape index (κ1) is 14.1. The lowest BCUT2D eigenvalue weighted by Crippen LogP contribution is -2.11. The Morgan fingerprint density at radius 2 is 2.14 bits per heavy atom. The zero-order chi connectivity index (χ0) is 14.7. The zero-order valence-corrected chi connectivity index (χ0v) is 12.8. The van der Waals surface area contributed by atoms with Gasteiger partial charge in [-0.3, -0.25) is 0 Å². The Balaban J connectivity index is 1.98. The first-order valence-electron chi connectivity index (χ1n) is 7.16. The van der Waals surface area contributed by atoms with Gasteiger partial charge < -0.3 is 9.88 Å². The van der Waals surface area contributed by atoms with Gasteiger partial charge in [0.05, 0.1) is 0 Å². The minimum absolute atomic E-state index is 0.768. The van der Waals surface area contributed by atoms with Gasteiger partial charge in [-0.1, -0.05) is 30.7 Å². The third-order valence-electron chi connectivity index (χ3n) is 3.52. The monoisotopic (exact) mass is 299 g/mol. The van der Waals surface area contributed by atoms with Crippen LogP contribution in [0.1, 0.15) is 18.1 Å². The fourth-order valence-corrected chi connectivity index (χ4v) is 2.76. The van der Waals surface area contributed by atoms with Gasteiger partial charge in [-0.05, 0) is 41.9 Å². The molecule has 3 nitrogen and oxygen atoms in total. The summed E-state index contributed by atoms with van der Waals surface area (Å²) < 4.78 is 2.19. The molecule has 2 heterocycles. The van der Waals surface area contributed by atoms with Crippen LogP contribution in [0.4, 0.5) is 0 Å². The molecule has 0 aliphatic heterocycles. The first-order valence-corrected chi connectivity index (χ1v) is 7.53. The van der Waals surface area contributed by atoms with E-state index < -0.39 is 0 Å². The molecule has 21 heavy (non-hydrogen) atoms. The quantitative estimate of drug-likeness (QED) is 0.775. The van der Waals surface area contributed by atoms with Crippen molar-refractivity contribution in [2.45, 2.75) is 20.0 Å². The van der Waals surface area contributed by atoms with Gasteiger partial charge in [-0.2, -0.15) is 0 Å². The Morgan fingerprint density at radius 1 is 1.24 bits per heavy atom. The van der Waals surface area contributed by atoms with Crippen molar-refractivity contribution in [3.05, 3.63) is 64.9 Å². The Kier molecular flexibility index (Phi) is 4.23. The lowest BCUT2D eigenvalue weighted by molar-refractivity contribution is 0.724. The molecule has 0 atom stereocenters. The smallest absolute Gasteiger partial charge is 0.140 e. The molecule has 0 saturated heterocycles. The van der Waals surface area contributed by atoms with Crippen LogP contribution in [-0.2, 0) is 13.1 Å². The summed E-state index contributed by atoms with van der Waals surface area (Å²) in [6, 6.07) is 12.1. The van der Waals surface area contributed by atoms with Crippen molar-refractivity contribution in [2.75, 3.05) is 6.54 Å². The standard InChI is InChI=1S/C17H18ClN3/c1-2-19-10-14-12-21(17-16(14)7-4-8-20-17)11-13-5-3-6-15(18)9-13/h3-9,12,19H,2,10-11H2,1H3. The van der Waals surface area contributed by atoms with Gasteiger partial charge in [0.2, 0.25) is 0 Å². The SMILES string of the molecule is CCNCc1cn(Cc2cccc(Cl)c2)c2ncccc12. The first-order chi connectivity index (χ1) is 10.3. The summed E-state index contributed by atoms with van der Waals surface area (Å²) in [5.41, 5.74) is 3.48. The number of benzene rings is 1. The van der Waals surface area contributed by atoms with Gasteiger partial charge >= 0.3 is 0 Å². The van der Waals surface area contributed by atoms with E-state index in [9.17, 15) is 0 Å². The molecule has 0 amide bonds. The topological polar surface area (TPSA) is 29.9 Å². The molecule has 108 valence electrons. The van der Waals surface area contributed by atoms with Crippen molar-refractivity contribution in [1.29, 1.82) is 0 Å². The Hall–Kier alpha value is -1.84. The zero-order valence-electron chi connectivity index (χ0n) is 12.0. The third kappa shape index (κ3) is 3.09. The molecule has 3 aromatic rings. The molecular formula is C17H18ClN3. The second-order valence-corrected chi connectivity index (χ2v) is 5.50. The van der Waals surface area contributed by atoms with Gasteiger partial charge in [-0.25, -0.2) is 4.98 Å². The van der Waals surface area contributed by atoms with Crippen LogP contribution in [0, 0.1) is 0 Å². The molecule has 4 heteroatoms. The minimum atomic E-state index is 0.768. The second kappa shape index (κ2) is 6.29. The van der Waals surface area contributed by atoms with Crippen molar-refractivity contribution in [3.8, 4) is 0 Å². The van der Waals surface area contributed by atoms with Crippen LogP contribution in [0.2, 0.25) is 5.02 Å². The number of nitrogens with one attached hydrogen (secondary N) is 1. The van der Waals surface area contributed by atoms with Gasteiger partial charge in [0, 0.05) is 35.9 Å². The molecule has 1 N–H and O–H groups in total. The molecule has 0 unspecified atom stereocenters. The van der Waals surface area contributed by atoms with Crippen molar-refractivity contribution >= 4 is 22.6 Å². The van der Waals surface area contributed by atoms with E-state index in [0.717, 1.165) is 30.3 Å². The van der Waals surface area contributed by atoms with E-state index in [4.69, 9.17) is 11.6 Å². The van der Waals surface area contributed by atoms with E-state index >= 15 is 0 Å². The van der Waals surface area contributed by atoms with E-state index in [1.807, 2.05) is 30.5 Å². The molecule has 1 aromatic carbocycles. The van der Waals surface area contributed by atoms with Crippen LogP contribution in [0.5, 0.6) is 0 Å². The maximum atomic E-state index is 6.07. The number of hydrogen-bond acceptors (Lipinski definition) is 2. The third-order valence-corrected chi connectivity index (χ3v) is 3.76. The number of nitrogens with zero attached hydrogens (tertiary/aromatic N) is 2. The van der Waals surface area contributed by atoms with Crippen LogP contribution < -0.4 is 5.32 Å². The fourth-order valence-electron chi connectivity index (χ4n) is 2.55. The van der Waals surface area contributed by atoms with Gasteiger partial charge in [0.25, 0.3) is 0 Å². The van der Waals surface area contributed by atoms with E-state index in [2.05, 4.69) is 40.1 Å². The van der Waals surface area contributed by atoms with Crippen LogP contribution in [0.3, 0.4) is 0 Å². The summed E-state index contributed by atoms with van der Waals surface area (Å²) in [5, 5.41) is 5.36. The molecule has 0 bridgehead atoms. The highest BCUT2D eigenvalue weighted by Gasteiger charge is 2.09. The van der Waals surface area contributed by atoms with Crippen molar-refractivity contribution < 1.29 is 0 Å². The molecule has 0 aliphatic rings. The lowest BCUT2D eigenvalue weighted by Gasteiger charge is -2.05. The van der Waals surface area contributed by atoms with E-state index in [0.29, 0.717) is 0 Å². The number of rotatable bonds is 5. The van der Waals surface area contributed by atoms with Crippen LogP contribution in [-0.4, -0.2) is 16.1 Å². The van der Waals surface area contributed by atoms with E-state index in [1.54, 1.807) is 0 Å². The van der Waals surface area contributed by atoms with Crippen molar-refractivity contribution in [1.82, 2.24) is 14.9 Å². The number of hydrogen-bond donors (Lipinski definition) is 1. The second-order valence-electron chi connectivity index (χ2n) is 5.07. The summed E-state index contributed by atoms with van der Waals surface area (Å²) in [7, 11) is 0. The van der Waals surface area contributed by atoms with Gasteiger partial charge in [0.1, 0.15) is 5.65 Å². The molecule has 0 aliphatic carbocycles. The van der Waals surface area contributed by atoms with Crippen LogP contribution >= 0.6 is 11.6 Å². The molecule has 0 fully saturated rings. The molecule has 0 spiro atoms. The highest BCUT2D eigenvalue weighted by Crippen LogP contribution is 2.21. The molecule has 0 radical (unpaired) electrons. The summed E-state index contributed by atoms with van der Waals surface area (Å²) in [6.07, 6.45) is 4.02. The predicted molar refractivity (Wildman–Crippen MR) is 87.7 cm³/mol. The van der Waals surface area contributed by atoms with Crippen molar-refractivity contribution in [3.63, 3.8) is 0 Å². The number of aromatic nitrogens is 2. The number of pyridine rings is 1. The van der Waals surface area contributed by atoms with Crippen molar-refractivity contribution in [2.24, 2.45) is 0 Å². The highest BCUT2D eigenvalue weighted by atomic mass is 35.5. The Morgan fingerprint density at radius 3 is 2.95 bits per heavy atom. The van der Waals surface area contributed by atoms with Crippen LogP contribution in [0.15, 0.2) is 48.8 Å². The van der Waals surface area contributed by atoms with Crippen LogP contribution in [0.25, 0.3) is 11.0 Å². The summed E-state index contributed by atoms with van der Waals surface area (Å²) >= 11 is 6.07. The normalized spacial score (nSPS) is 11.1. The average molecular weight is 300 g/mol. The Bertz CT molecular complexity index is 749. The summed E-state index contributed by atoms with van der Waals surface area (Å²) in [6.45, 7) is 4.71. The number of fused-ring (bicyclic) bond motifs is 1. The highest BCUT2D eigenvalue weighted by molar-refractivity contribution is 6.30. The summed E-state index contributed by atoms with van der Waals surface area (Å²) in [4.78, 5) is 4.53. The maximum Gasteiger partial charge on any atom is 0.140 e. The minimum Gasteiger partial charge on any atom is -0.328 e. The average Bonchev–Trinajstić information content (AvgIpc) is 2.84. The lowest BCUT2D eigenvalue weighted by atomic mass is 10.2. The molecule has 2 aromatic heterocycles. The molecule has 0 saturated carbocycles.